The first-order valence-corrected chi connectivity index (χ1v) is 5.69. The van der Waals surface area contributed by atoms with Crippen molar-refractivity contribution in [2.24, 2.45) is 10.8 Å². The molecular formula is C11H9F3N6O3. The SMILES string of the molecule is N#C/C(=N\Nc1cc(OCC(F)(F)F)cc([N+](=O)[O-])c1)C(=N)N. The predicted molar refractivity (Wildman–Crippen MR) is 73.2 cm³/mol. The monoisotopic (exact) mass is 330 g/mol. The first kappa shape index (κ1) is 17.7. The number of nitrogens with one attached hydrogen (secondary N) is 2. The van der Waals surface area contributed by atoms with Gasteiger partial charge in [0.05, 0.1) is 16.7 Å². The van der Waals surface area contributed by atoms with Gasteiger partial charge < -0.3 is 10.5 Å². The Labute approximate surface area is 126 Å². The molecule has 0 aliphatic rings. The Balaban J connectivity index is 3.07. The molecule has 23 heavy (non-hydrogen) atoms. The van der Waals surface area contributed by atoms with Crippen LogP contribution in [-0.4, -0.2) is 29.3 Å². The van der Waals surface area contributed by atoms with E-state index >= 15 is 0 Å². The number of halogens is 3. The van der Waals surface area contributed by atoms with E-state index in [1.165, 1.54) is 6.07 Å². The molecule has 9 nitrogen and oxygen atoms in total. The van der Waals surface area contributed by atoms with Crippen LogP contribution >= 0.6 is 0 Å². The Bertz CT molecular complexity index is 695. The summed E-state index contributed by atoms with van der Waals surface area (Å²) < 4.78 is 40.8. The Morgan fingerprint density at radius 1 is 1.52 bits per heavy atom. The minimum atomic E-state index is -4.61. The molecule has 0 aromatic heterocycles. The summed E-state index contributed by atoms with van der Waals surface area (Å²) in [6.45, 7) is -1.63. The number of nitrogens with two attached hydrogens (primary N) is 1. The van der Waals surface area contributed by atoms with Gasteiger partial charge in [-0.15, -0.1) is 0 Å². The Hall–Kier alpha value is -3.36. The molecule has 0 heterocycles. The number of non-ortho nitro benzene ring substituents is 1. The molecule has 0 atom stereocenters. The fourth-order valence-corrected chi connectivity index (χ4v) is 1.27. The lowest BCUT2D eigenvalue weighted by Crippen LogP contribution is -2.22. The van der Waals surface area contributed by atoms with E-state index in [9.17, 15) is 23.3 Å². The average Bonchev–Trinajstić information content (AvgIpc) is 2.44. The van der Waals surface area contributed by atoms with Gasteiger partial charge in [0, 0.05) is 12.1 Å². The minimum Gasteiger partial charge on any atom is -0.484 e. The van der Waals surface area contributed by atoms with Crippen molar-refractivity contribution in [1.82, 2.24) is 0 Å². The fourth-order valence-electron chi connectivity index (χ4n) is 1.27. The molecule has 1 aromatic carbocycles. The lowest BCUT2D eigenvalue weighted by atomic mass is 10.2. The Morgan fingerprint density at radius 2 is 2.17 bits per heavy atom. The van der Waals surface area contributed by atoms with Gasteiger partial charge in [0.1, 0.15) is 11.8 Å². The van der Waals surface area contributed by atoms with E-state index in [2.05, 4.69) is 15.3 Å². The van der Waals surface area contributed by atoms with Gasteiger partial charge in [-0.05, 0) is 0 Å². The van der Waals surface area contributed by atoms with E-state index in [-0.39, 0.29) is 5.69 Å². The minimum absolute atomic E-state index is 0.120. The number of nitrogens with zero attached hydrogens (tertiary/aromatic N) is 3. The number of amidine groups is 1. The van der Waals surface area contributed by atoms with E-state index in [0.29, 0.717) is 0 Å². The second-order valence-corrected chi connectivity index (χ2v) is 3.97. The number of nitro benzene ring substituents is 1. The number of anilines is 1. The van der Waals surface area contributed by atoms with Gasteiger partial charge in [-0.1, -0.05) is 0 Å². The second-order valence-electron chi connectivity index (χ2n) is 3.97. The molecule has 0 aliphatic carbocycles. The summed E-state index contributed by atoms with van der Waals surface area (Å²) in [5.41, 5.74) is 6.06. The highest BCUT2D eigenvalue weighted by molar-refractivity contribution is 6.45. The van der Waals surface area contributed by atoms with Crippen LogP contribution in [0.4, 0.5) is 24.5 Å². The van der Waals surface area contributed by atoms with Crippen LogP contribution in [0, 0.1) is 26.9 Å². The van der Waals surface area contributed by atoms with Gasteiger partial charge in [-0.2, -0.15) is 23.5 Å². The molecule has 0 bridgehead atoms. The standard InChI is InChI=1S/C11H9F3N6O3/c12-11(13,14)5-23-8-2-6(1-7(3-8)20(21)22)18-19-9(4-15)10(16)17/h1-3,18H,5H2,(H3,16,17)/b19-9+. The van der Waals surface area contributed by atoms with Crippen LogP contribution in [0.1, 0.15) is 0 Å². The molecule has 12 heteroatoms. The van der Waals surface area contributed by atoms with E-state index in [1.54, 1.807) is 0 Å². The summed E-state index contributed by atoms with van der Waals surface area (Å²) >= 11 is 0. The van der Waals surface area contributed by atoms with Crippen molar-refractivity contribution < 1.29 is 22.8 Å². The fraction of sp³-hybridized carbons (Fsp3) is 0.182. The molecular weight excluding hydrogens is 321 g/mol. The molecule has 0 saturated carbocycles. The van der Waals surface area contributed by atoms with E-state index < -0.39 is 40.7 Å². The Kier molecular flexibility index (Phi) is 5.44. The third-order valence-corrected chi connectivity index (χ3v) is 2.16. The zero-order valence-electron chi connectivity index (χ0n) is 11.2. The van der Waals surface area contributed by atoms with Crippen molar-refractivity contribution in [3.8, 4) is 11.8 Å². The van der Waals surface area contributed by atoms with Crippen molar-refractivity contribution in [2.45, 2.75) is 6.18 Å². The van der Waals surface area contributed by atoms with Crippen molar-refractivity contribution >= 4 is 22.9 Å². The number of nitriles is 1. The number of hydrogen-bond donors (Lipinski definition) is 3. The van der Waals surface area contributed by atoms with Gasteiger partial charge in [-0.3, -0.25) is 20.9 Å². The summed E-state index contributed by atoms with van der Waals surface area (Å²) in [6.07, 6.45) is -4.61. The molecule has 0 aliphatic heterocycles. The second kappa shape index (κ2) is 7.07. The lowest BCUT2D eigenvalue weighted by molar-refractivity contribution is -0.384. The smallest absolute Gasteiger partial charge is 0.422 e. The highest BCUT2D eigenvalue weighted by Crippen LogP contribution is 2.27. The van der Waals surface area contributed by atoms with Crippen LogP contribution in [0.15, 0.2) is 23.3 Å². The normalized spacial score (nSPS) is 11.5. The number of alkyl halides is 3. The molecule has 0 fully saturated rings. The maximum Gasteiger partial charge on any atom is 0.422 e. The predicted octanol–water partition coefficient (Wildman–Crippen LogP) is 1.76. The Morgan fingerprint density at radius 3 is 2.65 bits per heavy atom. The number of ether oxygens (including phenoxy) is 1. The van der Waals surface area contributed by atoms with Crippen molar-refractivity contribution in [1.29, 1.82) is 10.7 Å². The van der Waals surface area contributed by atoms with Gasteiger partial charge in [0.25, 0.3) is 5.69 Å². The third-order valence-electron chi connectivity index (χ3n) is 2.16. The maximum absolute atomic E-state index is 12.1. The third kappa shape index (κ3) is 5.87. The summed E-state index contributed by atoms with van der Waals surface area (Å²) in [7, 11) is 0. The van der Waals surface area contributed by atoms with Crippen LogP contribution in [0.5, 0.6) is 5.75 Å². The molecule has 4 N–H and O–H groups in total. The summed E-state index contributed by atoms with van der Waals surface area (Å²) in [6, 6.07) is 4.26. The average molecular weight is 330 g/mol. The summed E-state index contributed by atoms with van der Waals surface area (Å²) in [5, 5.41) is 29.9. The van der Waals surface area contributed by atoms with Crippen molar-refractivity contribution in [2.75, 3.05) is 12.0 Å². The first-order valence-electron chi connectivity index (χ1n) is 5.69. The molecule has 0 unspecified atom stereocenters. The highest BCUT2D eigenvalue weighted by Gasteiger charge is 2.28. The van der Waals surface area contributed by atoms with Crippen LogP contribution in [-0.2, 0) is 0 Å². The summed E-state index contributed by atoms with van der Waals surface area (Å²) in [4.78, 5) is 9.93. The van der Waals surface area contributed by atoms with Crippen LogP contribution in [0.2, 0.25) is 0 Å². The largest absolute Gasteiger partial charge is 0.484 e. The van der Waals surface area contributed by atoms with Crippen molar-refractivity contribution in [3.63, 3.8) is 0 Å². The number of hydrazone groups is 1. The highest BCUT2D eigenvalue weighted by atomic mass is 19.4. The molecule has 122 valence electrons. The molecule has 0 spiro atoms. The zero-order valence-corrected chi connectivity index (χ0v) is 11.2. The first-order chi connectivity index (χ1) is 10.6. The van der Waals surface area contributed by atoms with Crippen LogP contribution < -0.4 is 15.9 Å². The number of hydrogen-bond acceptors (Lipinski definition) is 7. The van der Waals surface area contributed by atoms with Crippen molar-refractivity contribution in [3.05, 3.63) is 28.3 Å². The number of rotatable bonds is 6. The van der Waals surface area contributed by atoms with Gasteiger partial charge >= 0.3 is 6.18 Å². The van der Waals surface area contributed by atoms with Crippen LogP contribution in [0.25, 0.3) is 0 Å². The topological polar surface area (TPSA) is 150 Å². The van der Waals surface area contributed by atoms with E-state index in [4.69, 9.17) is 16.4 Å². The number of nitro groups is 1. The van der Waals surface area contributed by atoms with Crippen LogP contribution in [0.3, 0.4) is 0 Å². The summed E-state index contributed by atoms with van der Waals surface area (Å²) in [5.74, 6) is -1.07. The van der Waals surface area contributed by atoms with Gasteiger partial charge in [0.2, 0.25) is 5.71 Å². The number of benzene rings is 1. The van der Waals surface area contributed by atoms with Gasteiger partial charge in [0.15, 0.2) is 12.4 Å². The molecule has 1 rings (SSSR count). The quantitative estimate of drug-likeness (QED) is 0.313. The zero-order chi connectivity index (χ0) is 17.6. The lowest BCUT2D eigenvalue weighted by Gasteiger charge is -2.10. The maximum atomic E-state index is 12.1. The molecule has 0 amide bonds. The molecule has 0 radical (unpaired) electrons. The molecule has 1 aromatic rings. The van der Waals surface area contributed by atoms with E-state index in [1.807, 2.05) is 0 Å². The van der Waals surface area contributed by atoms with E-state index in [0.717, 1.165) is 18.2 Å². The molecule has 0 saturated heterocycles. The van der Waals surface area contributed by atoms with Gasteiger partial charge in [-0.25, -0.2) is 0 Å².